The number of nitrogens with one attached hydrogen (secondary N) is 2. The minimum Gasteiger partial charge on any atom is -0.360 e. The number of hydrogen-bond acceptors (Lipinski definition) is 4. The van der Waals surface area contributed by atoms with Crippen LogP contribution in [0.4, 0.5) is 5.69 Å². The van der Waals surface area contributed by atoms with E-state index >= 15 is 0 Å². The average Bonchev–Trinajstić information content (AvgIpc) is 3.15. The molecule has 0 aliphatic carbocycles. The number of fused-ring (bicyclic) bond motifs is 1. The number of carbonyl (C=O) groups is 1. The number of nitriles is 1. The number of hydrogen-bond donors (Lipinski definition) is 2. The van der Waals surface area contributed by atoms with Crippen LogP contribution < -0.4 is 5.32 Å². The molecule has 0 saturated heterocycles. The van der Waals surface area contributed by atoms with Crippen molar-refractivity contribution in [3.8, 4) is 6.07 Å². The lowest BCUT2D eigenvalue weighted by Crippen LogP contribution is -2.37. The van der Waals surface area contributed by atoms with E-state index in [1.165, 1.54) is 6.20 Å². The number of carbonyl (C=O) groups excluding carboxylic acids is 1. The zero-order valence-electron chi connectivity index (χ0n) is 15.3. The molecule has 0 saturated carbocycles. The summed E-state index contributed by atoms with van der Waals surface area (Å²) in [5.74, 6) is -0.300. The van der Waals surface area contributed by atoms with Gasteiger partial charge in [0.1, 0.15) is 11.6 Å². The van der Waals surface area contributed by atoms with Crippen molar-refractivity contribution in [3.63, 3.8) is 0 Å². The highest BCUT2D eigenvalue weighted by molar-refractivity contribution is 5.97. The number of H-pyrrole nitrogens is 1. The van der Waals surface area contributed by atoms with Crippen LogP contribution in [-0.2, 0) is 11.3 Å². The zero-order valence-corrected chi connectivity index (χ0v) is 15.3. The summed E-state index contributed by atoms with van der Waals surface area (Å²) in [4.78, 5) is 21.8. The fourth-order valence-electron chi connectivity index (χ4n) is 2.75. The van der Waals surface area contributed by atoms with Gasteiger partial charge in [-0.1, -0.05) is 30.3 Å². The van der Waals surface area contributed by atoms with E-state index in [1.807, 2.05) is 68.4 Å². The third-order valence-electron chi connectivity index (χ3n) is 4.23. The van der Waals surface area contributed by atoms with Crippen LogP contribution in [0, 0.1) is 11.3 Å². The van der Waals surface area contributed by atoms with Crippen molar-refractivity contribution in [2.24, 2.45) is 0 Å². The van der Waals surface area contributed by atoms with Crippen molar-refractivity contribution in [3.05, 3.63) is 72.2 Å². The Balaban J connectivity index is 1.78. The Kier molecular flexibility index (Phi) is 5.53. The molecule has 2 aromatic carbocycles. The minimum atomic E-state index is -0.300. The van der Waals surface area contributed by atoms with Gasteiger partial charge in [-0.05, 0) is 37.6 Å². The number of anilines is 1. The summed E-state index contributed by atoms with van der Waals surface area (Å²) >= 11 is 0. The molecular formula is C21H21N5O. The number of amides is 1. The molecule has 0 unspecified atom stereocenters. The summed E-state index contributed by atoms with van der Waals surface area (Å²) in [6, 6.07) is 17.3. The highest BCUT2D eigenvalue weighted by Crippen LogP contribution is 2.17. The van der Waals surface area contributed by atoms with Crippen LogP contribution in [0.3, 0.4) is 0 Å². The Morgan fingerprint density at radius 3 is 2.78 bits per heavy atom. The van der Waals surface area contributed by atoms with Crippen LogP contribution in [-0.4, -0.2) is 26.8 Å². The van der Waals surface area contributed by atoms with Crippen LogP contribution in [0.25, 0.3) is 11.0 Å². The van der Waals surface area contributed by atoms with E-state index in [9.17, 15) is 10.1 Å². The Labute approximate surface area is 158 Å². The second kappa shape index (κ2) is 8.19. The highest BCUT2D eigenvalue weighted by atomic mass is 16.2. The minimum absolute atomic E-state index is 0.0317. The third kappa shape index (κ3) is 4.33. The van der Waals surface area contributed by atoms with Gasteiger partial charge < -0.3 is 15.2 Å². The van der Waals surface area contributed by atoms with Gasteiger partial charge in [0.15, 0.2) is 0 Å². The molecule has 6 heteroatoms. The van der Waals surface area contributed by atoms with Gasteiger partial charge in [-0.2, -0.15) is 5.26 Å². The van der Waals surface area contributed by atoms with E-state index < -0.39 is 0 Å². The van der Waals surface area contributed by atoms with Gasteiger partial charge in [-0.3, -0.25) is 4.79 Å². The number of rotatable bonds is 6. The predicted molar refractivity (Wildman–Crippen MR) is 106 cm³/mol. The third-order valence-corrected chi connectivity index (χ3v) is 4.23. The normalized spacial score (nSPS) is 11.4. The predicted octanol–water partition coefficient (Wildman–Crippen LogP) is 3.82. The number of nitrogens with zero attached hydrogens (tertiary/aromatic N) is 3. The summed E-state index contributed by atoms with van der Waals surface area (Å²) in [7, 11) is 0. The molecule has 2 N–H and O–H groups in total. The molecule has 0 bridgehead atoms. The van der Waals surface area contributed by atoms with Crippen LogP contribution in [0.5, 0.6) is 0 Å². The van der Waals surface area contributed by atoms with Gasteiger partial charge in [0, 0.05) is 24.5 Å². The molecular weight excluding hydrogens is 338 g/mol. The lowest BCUT2D eigenvalue weighted by Gasteiger charge is -2.26. The summed E-state index contributed by atoms with van der Waals surface area (Å²) in [6.07, 6.45) is 3.08. The molecule has 0 aliphatic rings. The van der Waals surface area contributed by atoms with Crippen molar-refractivity contribution in [1.82, 2.24) is 14.9 Å². The first kappa shape index (κ1) is 18.2. The van der Waals surface area contributed by atoms with E-state index in [0.29, 0.717) is 6.54 Å². The average molecular weight is 359 g/mol. The monoisotopic (exact) mass is 359 g/mol. The molecule has 0 fully saturated rings. The highest BCUT2D eigenvalue weighted by Gasteiger charge is 2.21. The van der Waals surface area contributed by atoms with Crippen molar-refractivity contribution in [2.75, 3.05) is 5.32 Å². The van der Waals surface area contributed by atoms with Gasteiger partial charge in [0.25, 0.3) is 5.91 Å². The maximum absolute atomic E-state index is 12.9. The van der Waals surface area contributed by atoms with Gasteiger partial charge >= 0.3 is 0 Å². The molecule has 0 atom stereocenters. The maximum atomic E-state index is 12.9. The number of imidazole rings is 1. The maximum Gasteiger partial charge on any atom is 0.266 e. The topological polar surface area (TPSA) is 84.8 Å². The lowest BCUT2D eigenvalue weighted by molar-refractivity contribution is -0.129. The van der Waals surface area contributed by atoms with Crippen LogP contribution in [0.15, 0.2) is 66.6 Å². The van der Waals surface area contributed by atoms with Crippen molar-refractivity contribution in [2.45, 2.75) is 26.4 Å². The lowest BCUT2D eigenvalue weighted by atomic mass is 10.1. The Morgan fingerprint density at radius 2 is 2.07 bits per heavy atom. The van der Waals surface area contributed by atoms with Gasteiger partial charge in [0.05, 0.1) is 17.4 Å². The molecule has 6 nitrogen and oxygen atoms in total. The molecule has 1 amide bonds. The molecule has 0 aliphatic heterocycles. The van der Waals surface area contributed by atoms with Crippen molar-refractivity contribution < 1.29 is 4.79 Å². The van der Waals surface area contributed by atoms with Gasteiger partial charge in [0.2, 0.25) is 0 Å². The molecule has 0 spiro atoms. The Morgan fingerprint density at radius 1 is 1.30 bits per heavy atom. The summed E-state index contributed by atoms with van der Waals surface area (Å²) in [5.41, 5.74) is 3.59. The first-order chi connectivity index (χ1) is 13.1. The number of aromatic nitrogens is 2. The largest absolute Gasteiger partial charge is 0.360 e. The van der Waals surface area contributed by atoms with Crippen LogP contribution in [0.2, 0.25) is 0 Å². The molecule has 1 aromatic heterocycles. The first-order valence-electron chi connectivity index (χ1n) is 8.73. The molecule has 136 valence electrons. The first-order valence-corrected chi connectivity index (χ1v) is 8.73. The molecule has 0 radical (unpaired) electrons. The van der Waals surface area contributed by atoms with E-state index in [1.54, 1.807) is 11.2 Å². The Hall–Kier alpha value is -3.59. The van der Waals surface area contributed by atoms with Crippen LogP contribution >= 0.6 is 0 Å². The van der Waals surface area contributed by atoms with Crippen LogP contribution in [0.1, 0.15) is 19.4 Å². The van der Waals surface area contributed by atoms with E-state index in [2.05, 4.69) is 15.3 Å². The molecule has 27 heavy (non-hydrogen) atoms. The van der Waals surface area contributed by atoms with Crippen molar-refractivity contribution in [1.29, 1.82) is 5.26 Å². The fraction of sp³-hybridized carbons (Fsp3) is 0.190. The van der Waals surface area contributed by atoms with E-state index in [-0.39, 0.29) is 17.5 Å². The summed E-state index contributed by atoms with van der Waals surface area (Å²) in [6.45, 7) is 4.33. The number of aromatic amines is 1. The SMILES string of the molecule is CC(C)N(Cc1ccccc1)C(=O)/C(C#N)=C\Nc1ccc2nc[nH]c2c1. The van der Waals surface area contributed by atoms with Crippen molar-refractivity contribution >= 4 is 22.6 Å². The smallest absolute Gasteiger partial charge is 0.266 e. The molecule has 1 heterocycles. The second-order valence-electron chi connectivity index (χ2n) is 6.46. The van der Waals surface area contributed by atoms with Gasteiger partial charge in [-0.25, -0.2) is 4.98 Å². The van der Waals surface area contributed by atoms with E-state index in [0.717, 1.165) is 22.3 Å². The van der Waals surface area contributed by atoms with E-state index in [4.69, 9.17) is 0 Å². The Bertz CT molecular complexity index is 998. The molecule has 3 aromatic rings. The summed E-state index contributed by atoms with van der Waals surface area (Å²) < 4.78 is 0. The zero-order chi connectivity index (χ0) is 19.2. The quantitative estimate of drug-likeness (QED) is 0.517. The standard InChI is InChI=1S/C21H21N5O/c1-15(2)26(13-16-6-4-3-5-7-16)21(27)17(11-22)12-23-18-8-9-19-20(10-18)25-14-24-19/h3-10,12,14-15,23H,13H2,1-2H3,(H,24,25)/b17-12-. The number of benzene rings is 2. The summed E-state index contributed by atoms with van der Waals surface area (Å²) in [5, 5.41) is 12.5. The van der Waals surface area contributed by atoms with Gasteiger partial charge in [-0.15, -0.1) is 0 Å². The fourth-order valence-corrected chi connectivity index (χ4v) is 2.75. The molecule has 3 rings (SSSR count). The second-order valence-corrected chi connectivity index (χ2v) is 6.46.